The molecule has 2 heterocycles. The van der Waals surface area contributed by atoms with Crippen LogP contribution >= 0.6 is 11.3 Å². The molecule has 8 heteroatoms. The molecule has 7 nitrogen and oxygen atoms in total. The summed E-state index contributed by atoms with van der Waals surface area (Å²) in [6, 6.07) is 6.84. The maximum atomic E-state index is 12.4. The third kappa shape index (κ3) is 2.88. The molecular formula is C15H11N3O4S. The Balaban J connectivity index is 2.23. The van der Waals surface area contributed by atoms with E-state index < -0.39 is 11.5 Å². The summed E-state index contributed by atoms with van der Waals surface area (Å²) in [5.74, 6) is -0.0997. The molecule has 0 radical (unpaired) electrons. The van der Waals surface area contributed by atoms with Gasteiger partial charge in [-0.05, 0) is 19.1 Å². The van der Waals surface area contributed by atoms with Crippen LogP contribution in [0.1, 0.15) is 18.2 Å². The number of carbonyl (C=O) groups excluding carboxylic acids is 1. The third-order valence-corrected chi connectivity index (χ3v) is 3.96. The fourth-order valence-corrected chi connectivity index (χ4v) is 2.87. The highest BCUT2D eigenvalue weighted by Gasteiger charge is 2.09. The van der Waals surface area contributed by atoms with Crippen LogP contribution in [0.5, 0.6) is 5.75 Å². The monoisotopic (exact) mass is 329 g/mol. The number of rotatable bonds is 2. The topological polar surface area (TPSA) is 90.6 Å². The Morgan fingerprint density at radius 2 is 2.04 bits per heavy atom. The fraction of sp³-hybridized carbons (Fsp3) is 0.133. The number of ether oxygens (including phenoxy) is 1. The molecule has 2 aromatic heterocycles. The number of benzene rings is 1. The normalized spacial score (nSPS) is 11.8. The molecule has 0 atom stereocenters. The Labute approximate surface area is 133 Å². The van der Waals surface area contributed by atoms with Crippen molar-refractivity contribution in [2.24, 2.45) is 0 Å². The van der Waals surface area contributed by atoms with E-state index in [1.807, 2.05) is 0 Å². The number of thiazole rings is 1. The highest BCUT2D eigenvalue weighted by atomic mass is 32.1. The zero-order valence-corrected chi connectivity index (χ0v) is 13.1. The summed E-state index contributed by atoms with van der Waals surface area (Å²) in [7, 11) is 0. The van der Waals surface area contributed by atoms with Gasteiger partial charge in [-0.1, -0.05) is 29.5 Å². The minimum Gasteiger partial charge on any atom is -0.426 e. The molecule has 3 aromatic rings. The molecule has 0 saturated carbocycles. The predicted molar refractivity (Wildman–Crippen MR) is 84.7 cm³/mol. The van der Waals surface area contributed by atoms with Gasteiger partial charge in [0.05, 0.1) is 4.53 Å². The number of aryl methyl sites for hydroxylation is 1. The molecule has 23 heavy (non-hydrogen) atoms. The molecule has 3 rings (SSSR count). The van der Waals surface area contributed by atoms with Gasteiger partial charge in [-0.25, -0.2) is 0 Å². The number of aromatic nitrogens is 3. The summed E-state index contributed by atoms with van der Waals surface area (Å²) < 4.78 is 6.56. The van der Waals surface area contributed by atoms with Crippen molar-refractivity contribution < 1.29 is 9.53 Å². The Morgan fingerprint density at radius 3 is 2.78 bits per heavy atom. The van der Waals surface area contributed by atoms with Crippen molar-refractivity contribution in [3.8, 4) is 5.75 Å². The van der Waals surface area contributed by atoms with Gasteiger partial charge in [0.25, 0.3) is 11.1 Å². The Hall–Kier alpha value is -2.87. The quantitative estimate of drug-likeness (QED) is 0.496. The summed E-state index contributed by atoms with van der Waals surface area (Å²) >= 11 is 1.05. The van der Waals surface area contributed by atoms with Crippen molar-refractivity contribution in [3.05, 3.63) is 60.8 Å². The molecule has 0 aliphatic heterocycles. The van der Waals surface area contributed by atoms with Gasteiger partial charge in [0, 0.05) is 12.5 Å². The lowest BCUT2D eigenvalue weighted by atomic mass is 10.2. The van der Waals surface area contributed by atoms with E-state index in [9.17, 15) is 14.4 Å². The average molecular weight is 329 g/mol. The van der Waals surface area contributed by atoms with Crippen LogP contribution in [0.25, 0.3) is 11.0 Å². The second-order valence-corrected chi connectivity index (χ2v) is 5.75. The van der Waals surface area contributed by atoms with Crippen LogP contribution in [-0.2, 0) is 4.79 Å². The van der Waals surface area contributed by atoms with Crippen molar-refractivity contribution in [2.75, 3.05) is 0 Å². The fourth-order valence-electron chi connectivity index (χ4n) is 1.98. The van der Waals surface area contributed by atoms with Crippen LogP contribution in [0.3, 0.4) is 0 Å². The van der Waals surface area contributed by atoms with Crippen LogP contribution in [0.4, 0.5) is 0 Å². The lowest BCUT2D eigenvalue weighted by molar-refractivity contribution is -0.131. The van der Waals surface area contributed by atoms with Crippen LogP contribution < -0.4 is 20.4 Å². The lowest BCUT2D eigenvalue weighted by Crippen LogP contribution is -2.27. The van der Waals surface area contributed by atoms with Crippen molar-refractivity contribution in [2.45, 2.75) is 13.8 Å². The second kappa shape index (κ2) is 5.73. The molecule has 0 unspecified atom stereocenters. The van der Waals surface area contributed by atoms with Gasteiger partial charge in [0.1, 0.15) is 11.4 Å². The number of nitrogens with zero attached hydrogens (tertiary/aromatic N) is 3. The van der Waals surface area contributed by atoms with E-state index in [4.69, 9.17) is 4.74 Å². The van der Waals surface area contributed by atoms with Gasteiger partial charge in [-0.2, -0.15) is 14.6 Å². The van der Waals surface area contributed by atoms with Gasteiger partial charge < -0.3 is 4.74 Å². The highest BCUT2D eigenvalue weighted by molar-refractivity contribution is 7.15. The second-order valence-electron chi connectivity index (χ2n) is 4.74. The van der Waals surface area contributed by atoms with Crippen molar-refractivity contribution in [3.63, 3.8) is 0 Å². The molecule has 0 aliphatic rings. The first-order valence-electron chi connectivity index (χ1n) is 6.65. The van der Waals surface area contributed by atoms with E-state index >= 15 is 0 Å². The Kier molecular flexibility index (Phi) is 3.75. The van der Waals surface area contributed by atoms with Crippen LogP contribution in [0.2, 0.25) is 0 Å². The smallest absolute Gasteiger partial charge is 0.308 e. The largest absolute Gasteiger partial charge is 0.426 e. The average Bonchev–Trinajstić information content (AvgIpc) is 2.78. The van der Waals surface area contributed by atoms with E-state index in [1.54, 1.807) is 30.3 Å². The van der Waals surface area contributed by atoms with Crippen LogP contribution in [0.15, 0.2) is 33.9 Å². The number of carbonyl (C=O) groups is 1. The standard InChI is InChI=1S/C15H11N3O4S/c1-8-13(20)16-15-18(17-8)14(21)12(23-15)7-10-5-3-4-6-11(10)22-9(2)19/h3-7H,1-2H3. The maximum absolute atomic E-state index is 12.4. The third-order valence-electron chi connectivity index (χ3n) is 3.00. The molecule has 0 fully saturated rings. The number of hydrogen-bond donors (Lipinski definition) is 0. The Bertz CT molecular complexity index is 1080. The molecule has 0 spiro atoms. The Morgan fingerprint density at radius 1 is 1.30 bits per heavy atom. The maximum Gasteiger partial charge on any atom is 0.308 e. The van der Waals surface area contributed by atoms with Crippen LogP contribution in [-0.4, -0.2) is 20.6 Å². The molecule has 0 N–H and O–H groups in total. The van der Waals surface area contributed by atoms with Crippen molar-refractivity contribution in [1.82, 2.24) is 14.6 Å². The number of hydrogen-bond acceptors (Lipinski definition) is 7. The van der Waals surface area contributed by atoms with E-state index in [1.165, 1.54) is 13.8 Å². The van der Waals surface area contributed by atoms with E-state index in [-0.39, 0.29) is 16.2 Å². The van der Waals surface area contributed by atoms with E-state index in [0.717, 1.165) is 15.9 Å². The molecule has 0 amide bonds. The first kappa shape index (κ1) is 15.0. The number of para-hydroxylation sites is 1. The minimum absolute atomic E-state index is 0.157. The summed E-state index contributed by atoms with van der Waals surface area (Å²) in [6.07, 6.45) is 1.58. The molecule has 0 aliphatic carbocycles. The zero-order valence-electron chi connectivity index (χ0n) is 12.3. The number of esters is 1. The summed E-state index contributed by atoms with van der Waals surface area (Å²) in [6.45, 7) is 2.80. The van der Waals surface area contributed by atoms with Crippen molar-refractivity contribution in [1.29, 1.82) is 0 Å². The zero-order chi connectivity index (χ0) is 16.6. The number of fused-ring (bicyclic) bond motifs is 1. The van der Waals surface area contributed by atoms with Crippen LogP contribution in [0, 0.1) is 6.92 Å². The van der Waals surface area contributed by atoms with Crippen molar-refractivity contribution >= 4 is 28.3 Å². The SMILES string of the molecule is CC(=O)Oc1ccccc1C=c1sc2nc(=O)c(C)nn2c1=O. The highest BCUT2D eigenvalue weighted by Crippen LogP contribution is 2.18. The first-order valence-corrected chi connectivity index (χ1v) is 7.47. The molecule has 1 aromatic carbocycles. The van der Waals surface area contributed by atoms with Gasteiger partial charge in [-0.3, -0.25) is 14.4 Å². The molecular weight excluding hydrogens is 318 g/mol. The van der Waals surface area contributed by atoms with E-state index in [0.29, 0.717) is 15.8 Å². The van der Waals surface area contributed by atoms with E-state index in [2.05, 4.69) is 10.1 Å². The predicted octanol–water partition coefficient (Wildman–Crippen LogP) is 0.293. The summed E-state index contributed by atoms with van der Waals surface area (Å²) in [5, 5.41) is 3.94. The molecule has 0 bridgehead atoms. The lowest BCUT2D eigenvalue weighted by Gasteiger charge is -2.03. The van der Waals surface area contributed by atoms with Gasteiger partial charge >= 0.3 is 5.97 Å². The molecule has 0 saturated heterocycles. The minimum atomic E-state index is -0.460. The molecule has 116 valence electrons. The van der Waals surface area contributed by atoms with Gasteiger partial charge in [0.15, 0.2) is 0 Å². The first-order chi connectivity index (χ1) is 11.0. The van der Waals surface area contributed by atoms with Gasteiger partial charge in [0.2, 0.25) is 4.96 Å². The summed E-state index contributed by atoms with van der Waals surface area (Å²) in [5.41, 5.74) is -0.105. The van der Waals surface area contributed by atoms with Gasteiger partial charge in [-0.15, -0.1) is 0 Å². The summed E-state index contributed by atoms with van der Waals surface area (Å²) in [4.78, 5) is 39.1.